The van der Waals surface area contributed by atoms with Gasteiger partial charge in [0.15, 0.2) is 0 Å². The molecule has 0 aliphatic carbocycles. The fraction of sp³-hybridized carbons (Fsp3) is 0.929. The summed E-state index contributed by atoms with van der Waals surface area (Å²) in [5, 5.41) is 3.41. The maximum Gasteiger partial charge on any atom is 0.326 e. The predicted molar refractivity (Wildman–Crippen MR) is 75.1 cm³/mol. The van der Waals surface area contributed by atoms with Crippen LogP contribution < -0.4 is 5.32 Å². The van der Waals surface area contributed by atoms with Gasteiger partial charge in [0, 0.05) is 26.1 Å². The molecule has 1 aliphatic heterocycles. The molecule has 2 atom stereocenters. The second-order valence-corrected chi connectivity index (χ2v) is 5.91. The Labute approximate surface area is 116 Å². The SMILES string of the molecule is COC(=O)C1(NCCN(C)C)CCOC(C(C)C)C1. The molecule has 0 aromatic heterocycles. The Morgan fingerprint density at radius 1 is 1.53 bits per heavy atom. The summed E-state index contributed by atoms with van der Waals surface area (Å²) in [6, 6.07) is 0. The van der Waals surface area contributed by atoms with Crippen molar-refractivity contribution in [3.05, 3.63) is 0 Å². The van der Waals surface area contributed by atoms with Crippen LogP contribution in [0.1, 0.15) is 26.7 Å². The highest BCUT2D eigenvalue weighted by molar-refractivity contribution is 5.81. The van der Waals surface area contributed by atoms with E-state index in [0.29, 0.717) is 25.4 Å². The first-order chi connectivity index (χ1) is 8.91. The maximum absolute atomic E-state index is 12.2. The number of nitrogens with one attached hydrogen (secondary N) is 1. The number of rotatable bonds is 6. The van der Waals surface area contributed by atoms with Crippen molar-refractivity contribution in [2.75, 3.05) is 40.9 Å². The van der Waals surface area contributed by atoms with Gasteiger partial charge in [0.05, 0.1) is 13.2 Å². The van der Waals surface area contributed by atoms with E-state index in [2.05, 4.69) is 24.1 Å². The molecule has 1 aliphatic rings. The minimum atomic E-state index is -0.585. The molecule has 1 fully saturated rings. The number of nitrogens with zero attached hydrogens (tertiary/aromatic N) is 1. The van der Waals surface area contributed by atoms with E-state index < -0.39 is 5.54 Å². The molecule has 0 saturated carbocycles. The molecule has 0 bridgehead atoms. The average molecular weight is 272 g/mol. The standard InChI is InChI=1S/C14H28N2O3/c1-11(2)12-10-14(6-9-19-12,13(17)18-5)15-7-8-16(3)4/h11-12,15H,6-10H2,1-5H3. The molecular formula is C14H28N2O3. The number of hydrogen-bond acceptors (Lipinski definition) is 5. The van der Waals surface area contributed by atoms with Gasteiger partial charge in [-0.2, -0.15) is 0 Å². The first-order valence-electron chi connectivity index (χ1n) is 7.01. The molecule has 0 spiro atoms. The Balaban J connectivity index is 2.72. The highest BCUT2D eigenvalue weighted by Crippen LogP contribution is 2.29. The lowest BCUT2D eigenvalue weighted by Gasteiger charge is -2.40. The largest absolute Gasteiger partial charge is 0.468 e. The van der Waals surface area contributed by atoms with Crippen LogP contribution in [-0.2, 0) is 14.3 Å². The molecule has 5 heteroatoms. The number of esters is 1. The highest BCUT2D eigenvalue weighted by Gasteiger charge is 2.44. The molecule has 1 saturated heterocycles. The van der Waals surface area contributed by atoms with Crippen molar-refractivity contribution < 1.29 is 14.3 Å². The van der Waals surface area contributed by atoms with Crippen molar-refractivity contribution >= 4 is 5.97 Å². The summed E-state index contributed by atoms with van der Waals surface area (Å²) < 4.78 is 10.8. The molecule has 0 aromatic carbocycles. The summed E-state index contributed by atoms with van der Waals surface area (Å²) in [7, 11) is 5.50. The summed E-state index contributed by atoms with van der Waals surface area (Å²) in [5.74, 6) is 0.236. The van der Waals surface area contributed by atoms with E-state index in [1.807, 2.05) is 14.1 Å². The van der Waals surface area contributed by atoms with Crippen LogP contribution in [0.25, 0.3) is 0 Å². The highest BCUT2D eigenvalue weighted by atomic mass is 16.5. The van der Waals surface area contributed by atoms with Crippen LogP contribution in [0.4, 0.5) is 0 Å². The van der Waals surface area contributed by atoms with E-state index in [0.717, 1.165) is 13.1 Å². The molecule has 112 valence electrons. The van der Waals surface area contributed by atoms with Crippen LogP contribution in [0.15, 0.2) is 0 Å². The van der Waals surface area contributed by atoms with Gasteiger partial charge in [-0.25, -0.2) is 0 Å². The van der Waals surface area contributed by atoms with Gasteiger partial charge >= 0.3 is 5.97 Å². The second kappa shape index (κ2) is 7.22. The quantitative estimate of drug-likeness (QED) is 0.728. The van der Waals surface area contributed by atoms with Gasteiger partial charge in [-0.3, -0.25) is 4.79 Å². The second-order valence-electron chi connectivity index (χ2n) is 5.91. The predicted octanol–water partition coefficient (Wildman–Crippen LogP) is 0.884. The minimum Gasteiger partial charge on any atom is -0.468 e. The van der Waals surface area contributed by atoms with Gasteiger partial charge in [0.1, 0.15) is 5.54 Å². The molecular weight excluding hydrogens is 244 g/mol. The summed E-state index contributed by atoms with van der Waals surface area (Å²) in [6.07, 6.45) is 1.47. The Bertz CT molecular complexity index is 294. The minimum absolute atomic E-state index is 0.111. The number of carbonyl (C=O) groups excluding carboxylic acids is 1. The molecule has 0 amide bonds. The molecule has 1 heterocycles. The van der Waals surface area contributed by atoms with Gasteiger partial charge in [-0.15, -0.1) is 0 Å². The zero-order valence-corrected chi connectivity index (χ0v) is 12.9. The van der Waals surface area contributed by atoms with Gasteiger partial charge < -0.3 is 19.7 Å². The summed E-state index contributed by atoms with van der Waals surface area (Å²) in [5.41, 5.74) is -0.585. The van der Waals surface area contributed by atoms with Crippen LogP contribution in [-0.4, -0.2) is 63.4 Å². The Morgan fingerprint density at radius 2 is 2.21 bits per heavy atom. The van der Waals surface area contributed by atoms with Crippen LogP contribution >= 0.6 is 0 Å². The normalized spacial score (nSPS) is 27.8. The first-order valence-corrected chi connectivity index (χ1v) is 7.01. The number of carbonyl (C=O) groups is 1. The van der Waals surface area contributed by atoms with Gasteiger partial charge in [0.2, 0.25) is 0 Å². The van der Waals surface area contributed by atoms with Crippen LogP contribution in [0, 0.1) is 5.92 Å². The lowest BCUT2D eigenvalue weighted by Crippen LogP contribution is -2.59. The number of ether oxygens (including phenoxy) is 2. The fourth-order valence-corrected chi connectivity index (χ4v) is 2.45. The summed E-state index contributed by atoms with van der Waals surface area (Å²) in [4.78, 5) is 14.3. The molecule has 2 unspecified atom stereocenters. The lowest BCUT2D eigenvalue weighted by molar-refractivity contribution is -0.157. The van der Waals surface area contributed by atoms with Crippen molar-refractivity contribution in [1.29, 1.82) is 0 Å². The molecule has 5 nitrogen and oxygen atoms in total. The van der Waals surface area contributed by atoms with Crippen molar-refractivity contribution in [3.8, 4) is 0 Å². The monoisotopic (exact) mass is 272 g/mol. The summed E-state index contributed by atoms with van der Waals surface area (Å²) >= 11 is 0. The topological polar surface area (TPSA) is 50.8 Å². The number of likely N-dealkylation sites (N-methyl/N-ethyl adjacent to an activating group) is 1. The molecule has 0 aromatic rings. The maximum atomic E-state index is 12.2. The van der Waals surface area contributed by atoms with Gasteiger partial charge in [-0.05, 0) is 26.4 Å². The number of hydrogen-bond donors (Lipinski definition) is 1. The van der Waals surface area contributed by atoms with Crippen molar-refractivity contribution in [1.82, 2.24) is 10.2 Å². The summed E-state index contributed by atoms with van der Waals surface area (Å²) in [6.45, 7) is 6.52. The number of methoxy groups -OCH3 is 1. The Hall–Kier alpha value is -0.650. The third-order valence-electron chi connectivity index (χ3n) is 3.75. The molecule has 1 rings (SSSR count). The van der Waals surface area contributed by atoms with Crippen LogP contribution in [0.5, 0.6) is 0 Å². The molecule has 19 heavy (non-hydrogen) atoms. The fourth-order valence-electron chi connectivity index (χ4n) is 2.45. The van der Waals surface area contributed by atoms with Gasteiger partial charge in [-0.1, -0.05) is 13.8 Å². The van der Waals surface area contributed by atoms with E-state index in [1.165, 1.54) is 7.11 Å². The van der Waals surface area contributed by atoms with Gasteiger partial charge in [0.25, 0.3) is 0 Å². The van der Waals surface area contributed by atoms with E-state index in [9.17, 15) is 4.79 Å². The van der Waals surface area contributed by atoms with Crippen LogP contribution in [0.2, 0.25) is 0 Å². The third-order valence-corrected chi connectivity index (χ3v) is 3.75. The molecule has 1 N–H and O–H groups in total. The molecule has 0 radical (unpaired) electrons. The Kier molecular flexibility index (Phi) is 6.23. The Morgan fingerprint density at radius 3 is 2.74 bits per heavy atom. The zero-order chi connectivity index (χ0) is 14.5. The third kappa shape index (κ3) is 4.44. The average Bonchev–Trinajstić information content (AvgIpc) is 2.37. The van der Waals surface area contributed by atoms with Crippen molar-refractivity contribution in [2.24, 2.45) is 5.92 Å². The van der Waals surface area contributed by atoms with Crippen molar-refractivity contribution in [3.63, 3.8) is 0 Å². The van der Waals surface area contributed by atoms with E-state index in [1.54, 1.807) is 0 Å². The van der Waals surface area contributed by atoms with Crippen LogP contribution in [0.3, 0.4) is 0 Å². The first kappa shape index (κ1) is 16.4. The van der Waals surface area contributed by atoms with E-state index >= 15 is 0 Å². The lowest BCUT2D eigenvalue weighted by atomic mass is 9.83. The zero-order valence-electron chi connectivity index (χ0n) is 12.9. The van der Waals surface area contributed by atoms with E-state index in [-0.39, 0.29) is 12.1 Å². The van der Waals surface area contributed by atoms with Crippen molar-refractivity contribution in [2.45, 2.75) is 38.3 Å². The van der Waals surface area contributed by atoms with E-state index in [4.69, 9.17) is 9.47 Å². The smallest absolute Gasteiger partial charge is 0.326 e.